The third-order valence-electron chi connectivity index (χ3n) is 3.27. The standard InChI is InChI=1S/C15H9ClFN5O2S/c16-12-6-5-10(22(23)24)7-9(12)8-18-21-14(19-20-15(21)25)11-3-1-2-4-13(11)17/h1-8H,(H,20,25). The van der Waals surface area contributed by atoms with Gasteiger partial charge in [0.2, 0.25) is 4.77 Å². The predicted molar refractivity (Wildman–Crippen MR) is 93.9 cm³/mol. The molecule has 0 radical (unpaired) electrons. The number of hydrogen-bond donors (Lipinski definition) is 1. The van der Waals surface area contributed by atoms with E-state index in [1.807, 2.05) is 0 Å². The molecule has 1 aromatic heterocycles. The third kappa shape index (κ3) is 3.47. The van der Waals surface area contributed by atoms with E-state index in [1.54, 1.807) is 12.1 Å². The Morgan fingerprint density at radius 2 is 2.12 bits per heavy atom. The first kappa shape index (κ1) is 16.9. The summed E-state index contributed by atoms with van der Waals surface area (Å²) in [5.41, 5.74) is 0.395. The molecule has 0 spiro atoms. The van der Waals surface area contributed by atoms with Crippen molar-refractivity contribution in [2.24, 2.45) is 5.10 Å². The zero-order valence-electron chi connectivity index (χ0n) is 12.4. The fraction of sp³-hybridized carbons (Fsp3) is 0. The monoisotopic (exact) mass is 377 g/mol. The van der Waals surface area contributed by atoms with Gasteiger partial charge in [-0.2, -0.15) is 14.9 Å². The maximum absolute atomic E-state index is 14.0. The Labute approximate surface area is 150 Å². The van der Waals surface area contributed by atoms with Crippen LogP contribution in [0.4, 0.5) is 10.1 Å². The molecule has 126 valence electrons. The van der Waals surface area contributed by atoms with E-state index in [4.69, 9.17) is 23.8 Å². The van der Waals surface area contributed by atoms with Crippen LogP contribution in [0, 0.1) is 20.7 Å². The summed E-state index contributed by atoms with van der Waals surface area (Å²) in [7, 11) is 0. The van der Waals surface area contributed by atoms with Gasteiger partial charge in [-0.15, -0.1) is 0 Å². The molecule has 0 aliphatic carbocycles. The van der Waals surface area contributed by atoms with Gasteiger partial charge in [0.1, 0.15) is 5.82 Å². The fourth-order valence-electron chi connectivity index (χ4n) is 2.08. The van der Waals surface area contributed by atoms with Crippen molar-refractivity contribution in [1.29, 1.82) is 0 Å². The maximum Gasteiger partial charge on any atom is 0.270 e. The largest absolute Gasteiger partial charge is 0.270 e. The minimum atomic E-state index is -0.540. The number of nitrogens with one attached hydrogen (secondary N) is 1. The van der Waals surface area contributed by atoms with Crippen molar-refractivity contribution in [2.75, 3.05) is 0 Å². The minimum absolute atomic E-state index is 0.129. The molecule has 0 bridgehead atoms. The molecule has 0 unspecified atom stereocenters. The van der Waals surface area contributed by atoms with Gasteiger partial charge in [-0.25, -0.2) is 9.49 Å². The smallest absolute Gasteiger partial charge is 0.258 e. The van der Waals surface area contributed by atoms with E-state index in [-0.39, 0.29) is 26.9 Å². The van der Waals surface area contributed by atoms with Crippen LogP contribution in [0.1, 0.15) is 5.56 Å². The molecule has 0 fully saturated rings. The number of non-ortho nitro benzene ring substituents is 1. The normalized spacial score (nSPS) is 11.1. The van der Waals surface area contributed by atoms with Crippen molar-refractivity contribution >= 4 is 35.7 Å². The number of hydrogen-bond acceptors (Lipinski definition) is 5. The summed E-state index contributed by atoms with van der Waals surface area (Å²) in [5.74, 6) is -0.317. The highest BCUT2D eigenvalue weighted by molar-refractivity contribution is 7.71. The number of nitro benzene ring substituents is 1. The zero-order valence-corrected chi connectivity index (χ0v) is 14.0. The van der Waals surface area contributed by atoms with E-state index in [9.17, 15) is 14.5 Å². The minimum Gasteiger partial charge on any atom is -0.258 e. The van der Waals surface area contributed by atoms with E-state index in [0.717, 1.165) is 0 Å². The summed E-state index contributed by atoms with van der Waals surface area (Å²) >= 11 is 11.1. The molecule has 1 heterocycles. The van der Waals surface area contributed by atoms with Crippen LogP contribution in [0.15, 0.2) is 47.6 Å². The number of halogens is 2. The number of aromatic amines is 1. The first-order chi connectivity index (χ1) is 12.0. The zero-order chi connectivity index (χ0) is 18.0. The van der Waals surface area contributed by atoms with E-state index < -0.39 is 10.7 Å². The van der Waals surface area contributed by atoms with Crippen molar-refractivity contribution in [3.05, 3.63) is 73.8 Å². The summed E-state index contributed by atoms with van der Waals surface area (Å²) in [5, 5.41) is 21.8. The SMILES string of the molecule is O=[N+]([O-])c1ccc(Cl)c(C=Nn2c(-c3ccccc3F)n[nH]c2=S)c1. The van der Waals surface area contributed by atoms with Crippen molar-refractivity contribution in [3.8, 4) is 11.4 Å². The highest BCUT2D eigenvalue weighted by atomic mass is 35.5. The first-order valence-corrected chi connectivity index (χ1v) is 7.66. The van der Waals surface area contributed by atoms with Crippen molar-refractivity contribution in [1.82, 2.24) is 14.9 Å². The Balaban J connectivity index is 2.05. The van der Waals surface area contributed by atoms with Crippen LogP contribution in [0.25, 0.3) is 11.4 Å². The first-order valence-electron chi connectivity index (χ1n) is 6.88. The molecule has 0 aliphatic rings. The van der Waals surface area contributed by atoms with Crippen LogP contribution in [0.5, 0.6) is 0 Å². The number of benzene rings is 2. The van der Waals surface area contributed by atoms with Crippen LogP contribution < -0.4 is 0 Å². The molecule has 0 saturated carbocycles. The second-order valence-electron chi connectivity index (χ2n) is 4.85. The van der Waals surface area contributed by atoms with Crippen molar-refractivity contribution < 1.29 is 9.31 Å². The van der Waals surface area contributed by atoms with E-state index in [1.165, 1.54) is 41.2 Å². The highest BCUT2D eigenvalue weighted by Gasteiger charge is 2.13. The van der Waals surface area contributed by atoms with Gasteiger partial charge in [-0.05, 0) is 30.4 Å². The fourth-order valence-corrected chi connectivity index (χ4v) is 2.42. The molecule has 3 aromatic rings. The van der Waals surface area contributed by atoms with Crippen LogP contribution in [0.2, 0.25) is 5.02 Å². The maximum atomic E-state index is 14.0. The molecule has 2 aromatic carbocycles. The number of rotatable bonds is 4. The lowest BCUT2D eigenvalue weighted by Crippen LogP contribution is -1.97. The quantitative estimate of drug-likeness (QED) is 0.319. The Morgan fingerprint density at radius 1 is 1.36 bits per heavy atom. The highest BCUT2D eigenvalue weighted by Crippen LogP contribution is 2.22. The summed E-state index contributed by atoms with van der Waals surface area (Å²) in [6, 6.07) is 9.99. The van der Waals surface area contributed by atoms with Crippen LogP contribution in [-0.2, 0) is 0 Å². The summed E-state index contributed by atoms with van der Waals surface area (Å²) in [6.45, 7) is 0. The van der Waals surface area contributed by atoms with Gasteiger partial charge in [-0.3, -0.25) is 10.1 Å². The number of nitro groups is 1. The molecule has 0 atom stereocenters. The van der Waals surface area contributed by atoms with E-state index >= 15 is 0 Å². The summed E-state index contributed by atoms with van der Waals surface area (Å²) in [4.78, 5) is 10.3. The van der Waals surface area contributed by atoms with Crippen LogP contribution in [-0.4, -0.2) is 26.0 Å². The van der Waals surface area contributed by atoms with Gasteiger partial charge in [0.15, 0.2) is 5.82 Å². The predicted octanol–water partition coefficient (Wildman–Crippen LogP) is 4.19. The molecule has 3 rings (SSSR count). The molecular formula is C15H9ClFN5O2S. The number of nitrogens with zero attached hydrogens (tertiary/aromatic N) is 4. The molecular weight excluding hydrogens is 369 g/mol. The third-order valence-corrected chi connectivity index (χ3v) is 3.88. The molecule has 0 saturated heterocycles. The number of H-pyrrole nitrogens is 1. The Hall–Kier alpha value is -2.91. The molecule has 10 heteroatoms. The average Bonchev–Trinajstić information content (AvgIpc) is 2.95. The van der Waals surface area contributed by atoms with Gasteiger partial charge in [0.25, 0.3) is 5.69 Å². The molecule has 7 nitrogen and oxygen atoms in total. The van der Waals surface area contributed by atoms with E-state index in [2.05, 4.69) is 15.3 Å². The second-order valence-corrected chi connectivity index (χ2v) is 5.65. The molecule has 0 amide bonds. The van der Waals surface area contributed by atoms with Crippen molar-refractivity contribution in [3.63, 3.8) is 0 Å². The molecule has 0 aliphatic heterocycles. The Morgan fingerprint density at radius 3 is 2.84 bits per heavy atom. The summed E-state index contributed by atoms with van der Waals surface area (Å²) < 4.78 is 15.3. The van der Waals surface area contributed by atoms with Crippen LogP contribution in [0.3, 0.4) is 0 Å². The average molecular weight is 378 g/mol. The lowest BCUT2D eigenvalue weighted by molar-refractivity contribution is -0.384. The van der Waals surface area contributed by atoms with E-state index in [0.29, 0.717) is 5.56 Å². The van der Waals surface area contributed by atoms with Gasteiger partial charge in [0.05, 0.1) is 16.7 Å². The van der Waals surface area contributed by atoms with Crippen molar-refractivity contribution in [2.45, 2.75) is 0 Å². The lowest BCUT2D eigenvalue weighted by atomic mass is 10.2. The topological polar surface area (TPSA) is 89.1 Å². The Bertz CT molecular complexity index is 1050. The van der Waals surface area contributed by atoms with Gasteiger partial charge >= 0.3 is 0 Å². The summed E-state index contributed by atoms with van der Waals surface area (Å²) in [6.07, 6.45) is 1.30. The van der Waals surface area contributed by atoms with Gasteiger partial charge in [0, 0.05) is 22.7 Å². The molecule has 1 N–H and O–H groups in total. The molecule has 25 heavy (non-hydrogen) atoms. The van der Waals surface area contributed by atoms with Gasteiger partial charge < -0.3 is 0 Å². The lowest BCUT2D eigenvalue weighted by Gasteiger charge is -2.02. The number of aromatic nitrogens is 3. The van der Waals surface area contributed by atoms with Crippen LogP contribution >= 0.6 is 23.8 Å². The van der Waals surface area contributed by atoms with Gasteiger partial charge in [-0.1, -0.05) is 23.7 Å². The second kappa shape index (κ2) is 6.91. The Kier molecular flexibility index (Phi) is 4.68.